The van der Waals surface area contributed by atoms with Crippen LogP contribution in [0.5, 0.6) is 0 Å². The Bertz CT molecular complexity index is 392. The molecule has 0 aliphatic heterocycles. The predicted octanol–water partition coefficient (Wildman–Crippen LogP) is 3.02. The number of H-pyrrole nitrogens is 1. The number of hydrogen-bond acceptors (Lipinski definition) is 3. The van der Waals surface area contributed by atoms with E-state index in [1.54, 1.807) is 6.20 Å². The molecule has 2 rings (SSSR count). The van der Waals surface area contributed by atoms with Gasteiger partial charge < -0.3 is 0 Å². The Morgan fingerprint density at radius 2 is 1.60 bits per heavy atom. The highest BCUT2D eigenvalue weighted by molar-refractivity contribution is 5.75. The van der Waals surface area contributed by atoms with Crippen LogP contribution in [0, 0.1) is 13.8 Å². The van der Waals surface area contributed by atoms with Crippen molar-refractivity contribution in [2.45, 2.75) is 41.5 Å². The molecule has 0 fully saturated rings. The number of rotatable bonds is 0. The van der Waals surface area contributed by atoms with Gasteiger partial charge in [-0.15, -0.1) is 0 Å². The molecule has 0 saturated heterocycles. The molecule has 1 N–H and O–H groups in total. The summed E-state index contributed by atoms with van der Waals surface area (Å²) < 4.78 is 0. The third-order valence-electron chi connectivity index (χ3n) is 1.61. The van der Waals surface area contributed by atoms with Crippen molar-refractivity contribution in [3.63, 3.8) is 0 Å². The highest BCUT2D eigenvalue weighted by Crippen LogP contribution is 2.10. The zero-order chi connectivity index (χ0) is 11.8. The Morgan fingerprint density at radius 3 is 2.20 bits per heavy atom. The molecule has 15 heavy (non-hydrogen) atoms. The van der Waals surface area contributed by atoms with Crippen LogP contribution in [0.4, 0.5) is 0 Å². The van der Waals surface area contributed by atoms with Gasteiger partial charge in [0.15, 0.2) is 5.65 Å². The molecule has 2 aromatic heterocycles. The van der Waals surface area contributed by atoms with Gasteiger partial charge in [0.2, 0.25) is 0 Å². The lowest BCUT2D eigenvalue weighted by Gasteiger charge is -1.94. The number of nitrogens with zero attached hydrogens (tertiary/aromatic N) is 3. The third-order valence-corrected chi connectivity index (χ3v) is 1.61. The fourth-order valence-corrected chi connectivity index (χ4v) is 1.12. The Kier molecular flexibility index (Phi) is 6.25. The maximum Gasteiger partial charge on any atom is 0.159 e. The fraction of sp³-hybridized carbons (Fsp3) is 0.545. The second-order valence-corrected chi connectivity index (χ2v) is 2.49. The molecule has 0 unspecified atom stereocenters. The average Bonchev–Trinajstić information content (AvgIpc) is 2.72. The van der Waals surface area contributed by atoms with Gasteiger partial charge in [0.05, 0.1) is 17.3 Å². The first-order valence-electron chi connectivity index (χ1n) is 5.41. The Balaban J connectivity index is 0.000000442. The first kappa shape index (κ1) is 13.5. The monoisotopic (exact) mass is 208 g/mol. The summed E-state index contributed by atoms with van der Waals surface area (Å²) in [6.07, 6.45) is 1.74. The van der Waals surface area contributed by atoms with E-state index in [0.717, 1.165) is 22.6 Å². The molecule has 0 saturated carbocycles. The summed E-state index contributed by atoms with van der Waals surface area (Å²) in [6.45, 7) is 11.8. The zero-order valence-electron chi connectivity index (χ0n) is 10.4. The molecule has 0 spiro atoms. The second kappa shape index (κ2) is 6.92. The first-order valence-corrected chi connectivity index (χ1v) is 5.41. The van der Waals surface area contributed by atoms with Gasteiger partial charge in [-0.1, -0.05) is 27.7 Å². The summed E-state index contributed by atoms with van der Waals surface area (Å²) in [7, 11) is 0. The zero-order valence-corrected chi connectivity index (χ0v) is 10.4. The predicted molar refractivity (Wildman–Crippen MR) is 63.9 cm³/mol. The van der Waals surface area contributed by atoms with Crippen LogP contribution in [-0.4, -0.2) is 20.2 Å². The largest absolute Gasteiger partial charge is 0.261 e. The van der Waals surface area contributed by atoms with E-state index in [0.29, 0.717) is 0 Å². The Hall–Kier alpha value is -1.45. The molecule has 84 valence electrons. The molecular weight excluding hydrogens is 188 g/mol. The minimum Gasteiger partial charge on any atom is -0.261 e. The summed E-state index contributed by atoms with van der Waals surface area (Å²) in [5, 5.41) is 7.67. The topological polar surface area (TPSA) is 54.5 Å². The third kappa shape index (κ3) is 3.31. The van der Waals surface area contributed by atoms with Crippen molar-refractivity contribution in [3.05, 3.63) is 17.7 Å². The van der Waals surface area contributed by atoms with Crippen LogP contribution in [0.25, 0.3) is 11.0 Å². The van der Waals surface area contributed by atoms with E-state index in [4.69, 9.17) is 0 Å². The summed E-state index contributed by atoms with van der Waals surface area (Å²) in [5.74, 6) is 0.777. The quantitative estimate of drug-likeness (QED) is 0.724. The maximum absolute atomic E-state index is 4.20. The summed E-state index contributed by atoms with van der Waals surface area (Å²) in [6, 6.07) is 0. The standard InChI is InChI=1S/C7H8N4.2C2H6/c1-4-6-3-8-11-7(6)10-5(2)9-4;2*1-2/h3H,1-2H3,(H,8,9,10,11);2*1-2H3. The van der Waals surface area contributed by atoms with Gasteiger partial charge in [-0.05, 0) is 13.8 Å². The minimum absolute atomic E-state index is 0.777. The molecule has 0 aliphatic carbocycles. The van der Waals surface area contributed by atoms with Gasteiger partial charge in [0, 0.05) is 0 Å². The van der Waals surface area contributed by atoms with E-state index in [1.807, 2.05) is 41.5 Å². The first-order chi connectivity index (χ1) is 7.27. The van der Waals surface area contributed by atoms with Crippen LogP contribution in [0.1, 0.15) is 39.2 Å². The van der Waals surface area contributed by atoms with E-state index < -0.39 is 0 Å². The van der Waals surface area contributed by atoms with Crippen LogP contribution in [0.3, 0.4) is 0 Å². The number of aryl methyl sites for hydroxylation is 2. The lowest BCUT2D eigenvalue weighted by Crippen LogP contribution is -1.90. The van der Waals surface area contributed by atoms with E-state index in [-0.39, 0.29) is 0 Å². The molecule has 4 nitrogen and oxygen atoms in total. The average molecular weight is 208 g/mol. The number of fused-ring (bicyclic) bond motifs is 1. The van der Waals surface area contributed by atoms with Crippen LogP contribution in [0.2, 0.25) is 0 Å². The highest BCUT2D eigenvalue weighted by atomic mass is 15.1. The van der Waals surface area contributed by atoms with Crippen molar-refractivity contribution in [1.29, 1.82) is 0 Å². The number of nitrogens with one attached hydrogen (secondary N) is 1. The van der Waals surface area contributed by atoms with Gasteiger partial charge in [-0.25, -0.2) is 9.97 Å². The van der Waals surface area contributed by atoms with Gasteiger partial charge in [-0.2, -0.15) is 5.10 Å². The van der Waals surface area contributed by atoms with Gasteiger partial charge >= 0.3 is 0 Å². The number of aromatic nitrogens is 4. The van der Waals surface area contributed by atoms with Gasteiger partial charge in [0.1, 0.15) is 5.82 Å². The minimum atomic E-state index is 0.777. The Morgan fingerprint density at radius 1 is 1.00 bits per heavy atom. The molecule has 0 bridgehead atoms. The van der Waals surface area contributed by atoms with E-state index in [9.17, 15) is 0 Å². The SMILES string of the molecule is CC.CC.Cc1nc(C)c2cn[nH]c2n1. The normalized spacial score (nSPS) is 8.67. The molecule has 0 aliphatic rings. The molecule has 2 heterocycles. The van der Waals surface area contributed by atoms with Crippen LogP contribution < -0.4 is 0 Å². The highest BCUT2D eigenvalue weighted by Gasteiger charge is 2.01. The van der Waals surface area contributed by atoms with Crippen LogP contribution >= 0.6 is 0 Å². The van der Waals surface area contributed by atoms with Crippen molar-refractivity contribution >= 4 is 11.0 Å². The molecule has 0 atom stereocenters. The number of aromatic amines is 1. The summed E-state index contributed by atoms with van der Waals surface area (Å²) >= 11 is 0. The summed E-state index contributed by atoms with van der Waals surface area (Å²) in [5.41, 5.74) is 1.79. The molecule has 0 amide bonds. The van der Waals surface area contributed by atoms with Crippen molar-refractivity contribution in [1.82, 2.24) is 20.2 Å². The lowest BCUT2D eigenvalue weighted by molar-refractivity contribution is 1.03. The van der Waals surface area contributed by atoms with Crippen molar-refractivity contribution in [2.75, 3.05) is 0 Å². The molecule has 0 radical (unpaired) electrons. The van der Waals surface area contributed by atoms with E-state index >= 15 is 0 Å². The molecule has 2 aromatic rings. The molecular formula is C11H20N4. The summed E-state index contributed by atoms with van der Waals surface area (Å²) in [4.78, 5) is 8.37. The lowest BCUT2D eigenvalue weighted by atomic mass is 10.3. The fourth-order valence-electron chi connectivity index (χ4n) is 1.12. The molecule has 4 heteroatoms. The second-order valence-electron chi connectivity index (χ2n) is 2.49. The van der Waals surface area contributed by atoms with Crippen molar-refractivity contribution < 1.29 is 0 Å². The molecule has 0 aromatic carbocycles. The smallest absolute Gasteiger partial charge is 0.159 e. The van der Waals surface area contributed by atoms with E-state index in [1.165, 1.54) is 0 Å². The van der Waals surface area contributed by atoms with Gasteiger partial charge in [-0.3, -0.25) is 5.10 Å². The van der Waals surface area contributed by atoms with Crippen LogP contribution in [-0.2, 0) is 0 Å². The Labute approximate surface area is 91.2 Å². The van der Waals surface area contributed by atoms with Crippen LogP contribution in [0.15, 0.2) is 6.20 Å². The van der Waals surface area contributed by atoms with E-state index in [2.05, 4.69) is 20.2 Å². The number of hydrogen-bond donors (Lipinski definition) is 1. The van der Waals surface area contributed by atoms with Crippen molar-refractivity contribution in [2.24, 2.45) is 0 Å². The van der Waals surface area contributed by atoms with Crippen molar-refractivity contribution in [3.8, 4) is 0 Å². The van der Waals surface area contributed by atoms with Gasteiger partial charge in [0.25, 0.3) is 0 Å². The maximum atomic E-state index is 4.20.